The summed E-state index contributed by atoms with van der Waals surface area (Å²) in [5.41, 5.74) is 5.74. The minimum atomic E-state index is 0.0188. The minimum Gasteiger partial charge on any atom is -0.338 e. The van der Waals surface area contributed by atoms with Crippen LogP contribution in [0, 0.1) is 0 Å². The standard InChI is InChI=1S/C10H16N4O/c11-7-10(3-4-10)8-12-9(13-15-8)14-5-1-2-6-14/h1-7,11H2. The summed E-state index contributed by atoms with van der Waals surface area (Å²) in [6.07, 6.45) is 4.63. The summed E-state index contributed by atoms with van der Waals surface area (Å²) in [6, 6.07) is 0. The number of nitrogens with two attached hydrogens (primary N) is 1. The van der Waals surface area contributed by atoms with E-state index in [2.05, 4.69) is 15.0 Å². The van der Waals surface area contributed by atoms with Crippen LogP contribution in [0.15, 0.2) is 4.52 Å². The van der Waals surface area contributed by atoms with Crippen molar-refractivity contribution in [2.75, 3.05) is 24.5 Å². The number of anilines is 1. The number of aromatic nitrogens is 2. The maximum atomic E-state index is 5.72. The van der Waals surface area contributed by atoms with Crippen molar-refractivity contribution < 1.29 is 4.52 Å². The fourth-order valence-electron chi connectivity index (χ4n) is 2.13. The summed E-state index contributed by atoms with van der Waals surface area (Å²) in [4.78, 5) is 6.65. The number of nitrogens with zero attached hydrogens (tertiary/aromatic N) is 3. The first-order valence-electron chi connectivity index (χ1n) is 5.63. The van der Waals surface area contributed by atoms with Gasteiger partial charge in [-0.3, -0.25) is 0 Å². The van der Waals surface area contributed by atoms with Gasteiger partial charge in [0.25, 0.3) is 5.95 Å². The third kappa shape index (κ3) is 1.42. The lowest BCUT2D eigenvalue weighted by Gasteiger charge is -2.10. The van der Waals surface area contributed by atoms with Crippen molar-refractivity contribution >= 4 is 5.95 Å². The number of rotatable bonds is 3. The van der Waals surface area contributed by atoms with Crippen LogP contribution >= 0.6 is 0 Å². The third-order valence-electron chi connectivity index (χ3n) is 3.50. The lowest BCUT2D eigenvalue weighted by atomic mass is 10.1. The molecule has 0 aromatic carbocycles. The largest absolute Gasteiger partial charge is 0.338 e. The summed E-state index contributed by atoms with van der Waals surface area (Å²) >= 11 is 0. The Morgan fingerprint density at radius 2 is 2.07 bits per heavy atom. The zero-order valence-electron chi connectivity index (χ0n) is 8.78. The van der Waals surface area contributed by atoms with Crippen LogP contribution < -0.4 is 10.6 Å². The maximum Gasteiger partial charge on any atom is 0.266 e. The van der Waals surface area contributed by atoms with Crippen LogP contribution in [-0.4, -0.2) is 29.8 Å². The van der Waals surface area contributed by atoms with E-state index in [1.165, 1.54) is 12.8 Å². The van der Waals surface area contributed by atoms with Crippen molar-refractivity contribution in [3.05, 3.63) is 5.89 Å². The minimum absolute atomic E-state index is 0.0188. The molecule has 1 saturated carbocycles. The second-order valence-electron chi connectivity index (χ2n) is 4.58. The molecule has 0 bridgehead atoms. The highest BCUT2D eigenvalue weighted by atomic mass is 16.5. The molecule has 2 N–H and O–H groups in total. The monoisotopic (exact) mass is 208 g/mol. The molecular weight excluding hydrogens is 192 g/mol. The predicted molar refractivity (Wildman–Crippen MR) is 55.7 cm³/mol. The predicted octanol–water partition coefficient (Wildman–Crippen LogP) is 0.660. The molecule has 5 heteroatoms. The molecule has 0 atom stereocenters. The van der Waals surface area contributed by atoms with Crippen LogP contribution in [0.5, 0.6) is 0 Å². The van der Waals surface area contributed by atoms with E-state index < -0.39 is 0 Å². The Labute approximate surface area is 88.6 Å². The van der Waals surface area contributed by atoms with Crippen LogP contribution in [0.3, 0.4) is 0 Å². The highest BCUT2D eigenvalue weighted by Crippen LogP contribution is 2.46. The molecule has 1 aromatic heterocycles. The quantitative estimate of drug-likeness (QED) is 0.790. The Balaban J connectivity index is 1.81. The average molecular weight is 208 g/mol. The molecule has 0 amide bonds. The van der Waals surface area contributed by atoms with Crippen LogP contribution in [0.25, 0.3) is 0 Å². The van der Waals surface area contributed by atoms with Gasteiger partial charge in [0.05, 0.1) is 5.41 Å². The van der Waals surface area contributed by atoms with E-state index in [0.29, 0.717) is 6.54 Å². The van der Waals surface area contributed by atoms with Crippen LogP contribution in [0.2, 0.25) is 0 Å². The molecule has 0 radical (unpaired) electrons. The van der Waals surface area contributed by atoms with Crippen LogP contribution in [0.1, 0.15) is 31.6 Å². The van der Waals surface area contributed by atoms with Gasteiger partial charge in [0.1, 0.15) is 0 Å². The Hall–Kier alpha value is -1.10. The Morgan fingerprint density at radius 3 is 2.67 bits per heavy atom. The van der Waals surface area contributed by atoms with Crippen molar-refractivity contribution in [3.63, 3.8) is 0 Å². The van der Waals surface area contributed by atoms with Gasteiger partial charge in [-0.25, -0.2) is 0 Å². The molecule has 1 aliphatic heterocycles. The Bertz CT molecular complexity index is 352. The van der Waals surface area contributed by atoms with Gasteiger partial charge in [-0.1, -0.05) is 0 Å². The first-order valence-corrected chi connectivity index (χ1v) is 5.63. The Kier molecular flexibility index (Phi) is 1.95. The highest BCUT2D eigenvalue weighted by Gasteiger charge is 2.48. The fourth-order valence-corrected chi connectivity index (χ4v) is 2.13. The first kappa shape index (κ1) is 9.15. The highest BCUT2D eigenvalue weighted by molar-refractivity contribution is 5.31. The zero-order chi connectivity index (χ0) is 10.3. The normalized spacial score (nSPS) is 23.4. The molecule has 2 fully saturated rings. The second-order valence-corrected chi connectivity index (χ2v) is 4.58. The van der Waals surface area contributed by atoms with Gasteiger partial charge >= 0.3 is 0 Å². The van der Waals surface area contributed by atoms with E-state index >= 15 is 0 Å². The van der Waals surface area contributed by atoms with Gasteiger partial charge in [0.2, 0.25) is 5.89 Å². The van der Waals surface area contributed by atoms with Gasteiger partial charge in [-0.2, -0.15) is 4.98 Å². The molecule has 15 heavy (non-hydrogen) atoms. The first-order chi connectivity index (χ1) is 7.34. The van der Waals surface area contributed by atoms with Crippen molar-refractivity contribution in [2.45, 2.75) is 31.1 Å². The summed E-state index contributed by atoms with van der Waals surface area (Å²) in [5.74, 6) is 1.49. The molecular formula is C10H16N4O. The lowest BCUT2D eigenvalue weighted by Crippen LogP contribution is -2.21. The molecule has 5 nitrogen and oxygen atoms in total. The molecule has 1 aliphatic carbocycles. The molecule has 0 unspecified atom stereocenters. The SMILES string of the molecule is NCC1(c2nc(N3CCCC3)no2)CC1. The lowest BCUT2D eigenvalue weighted by molar-refractivity contribution is 0.346. The van der Waals surface area contributed by atoms with Gasteiger partial charge in [-0.15, -0.1) is 0 Å². The van der Waals surface area contributed by atoms with E-state index in [1.54, 1.807) is 0 Å². The summed E-state index contributed by atoms with van der Waals surface area (Å²) in [6.45, 7) is 2.72. The topological polar surface area (TPSA) is 68.2 Å². The maximum absolute atomic E-state index is 5.72. The van der Waals surface area contributed by atoms with E-state index in [1.807, 2.05) is 0 Å². The van der Waals surface area contributed by atoms with Gasteiger partial charge in [-0.05, 0) is 30.8 Å². The van der Waals surface area contributed by atoms with Gasteiger partial charge < -0.3 is 15.2 Å². The van der Waals surface area contributed by atoms with E-state index in [-0.39, 0.29) is 5.41 Å². The Morgan fingerprint density at radius 1 is 1.33 bits per heavy atom. The summed E-state index contributed by atoms with van der Waals surface area (Å²) < 4.78 is 5.31. The molecule has 3 rings (SSSR count). The van der Waals surface area contributed by atoms with Gasteiger partial charge in [0.15, 0.2) is 0 Å². The number of hydrogen-bond donors (Lipinski definition) is 1. The summed E-state index contributed by atoms with van der Waals surface area (Å²) in [7, 11) is 0. The summed E-state index contributed by atoms with van der Waals surface area (Å²) in [5, 5.41) is 4.04. The molecule has 2 aliphatic rings. The molecule has 1 aromatic rings. The second kappa shape index (κ2) is 3.20. The van der Waals surface area contributed by atoms with E-state index in [4.69, 9.17) is 10.3 Å². The van der Waals surface area contributed by atoms with Crippen molar-refractivity contribution in [1.29, 1.82) is 0 Å². The van der Waals surface area contributed by atoms with Crippen LogP contribution in [0.4, 0.5) is 5.95 Å². The van der Waals surface area contributed by atoms with Crippen molar-refractivity contribution in [1.82, 2.24) is 10.1 Å². The fraction of sp³-hybridized carbons (Fsp3) is 0.800. The van der Waals surface area contributed by atoms with E-state index in [9.17, 15) is 0 Å². The van der Waals surface area contributed by atoms with Crippen molar-refractivity contribution in [2.24, 2.45) is 5.73 Å². The smallest absolute Gasteiger partial charge is 0.266 e. The zero-order valence-corrected chi connectivity index (χ0v) is 8.78. The third-order valence-corrected chi connectivity index (χ3v) is 3.50. The molecule has 1 saturated heterocycles. The van der Waals surface area contributed by atoms with Crippen LogP contribution in [-0.2, 0) is 5.41 Å². The van der Waals surface area contributed by atoms with Crippen molar-refractivity contribution in [3.8, 4) is 0 Å². The number of hydrogen-bond acceptors (Lipinski definition) is 5. The molecule has 2 heterocycles. The van der Waals surface area contributed by atoms with Gasteiger partial charge in [0, 0.05) is 19.6 Å². The molecule has 0 spiro atoms. The molecule has 82 valence electrons. The van der Waals surface area contributed by atoms with E-state index in [0.717, 1.165) is 37.8 Å². The average Bonchev–Trinajstić information content (AvgIpc) is 2.74.